The third-order valence-corrected chi connectivity index (χ3v) is 5.74. The molecule has 1 aliphatic rings. The fourth-order valence-electron chi connectivity index (χ4n) is 3.44. The number of anilines is 1. The van der Waals surface area contributed by atoms with Gasteiger partial charge in [-0.25, -0.2) is 9.78 Å². The van der Waals surface area contributed by atoms with Gasteiger partial charge in [-0.1, -0.05) is 54.5 Å². The van der Waals surface area contributed by atoms with E-state index in [4.69, 9.17) is 4.74 Å². The number of hydrogen-bond donors (Lipinski definition) is 2. The first-order chi connectivity index (χ1) is 13.5. The Morgan fingerprint density at radius 1 is 1.18 bits per heavy atom. The first-order valence-electron chi connectivity index (χ1n) is 9.28. The summed E-state index contributed by atoms with van der Waals surface area (Å²) in [5, 5.41) is 12.4. The number of nitrogens with zero attached hydrogens (tertiary/aromatic N) is 1. The number of amides is 1. The van der Waals surface area contributed by atoms with Gasteiger partial charge in [0.05, 0.1) is 24.1 Å². The Labute approximate surface area is 166 Å². The van der Waals surface area contributed by atoms with E-state index in [-0.39, 0.29) is 17.6 Å². The van der Waals surface area contributed by atoms with Crippen molar-refractivity contribution < 1.29 is 24.2 Å². The van der Waals surface area contributed by atoms with Gasteiger partial charge in [0.25, 0.3) is 0 Å². The van der Waals surface area contributed by atoms with Crippen LogP contribution in [0.4, 0.5) is 5.13 Å². The fraction of sp³-hybridized carbons (Fsp3) is 0.400. The van der Waals surface area contributed by atoms with Gasteiger partial charge in [-0.05, 0) is 19.8 Å². The van der Waals surface area contributed by atoms with Gasteiger partial charge >= 0.3 is 11.9 Å². The number of ether oxygens (including phenoxy) is 1. The summed E-state index contributed by atoms with van der Waals surface area (Å²) in [4.78, 5) is 41.3. The maximum atomic E-state index is 12.7. The summed E-state index contributed by atoms with van der Waals surface area (Å²) in [7, 11) is 0. The molecular weight excluding hydrogens is 380 g/mol. The van der Waals surface area contributed by atoms with Crippen molar-refractivity contribution in [2.75, 3.05) is 11.9 Å². The molecule has 1 aromatic carbocycles. The van der Waals surface area contributed by atoms with Crippen LogP contribution in [0.1, 0.15) is 42.3 Å². The average Bonchev–Trinajstić information content (AvgIpc) is 3.12. The molecule has 1 fully saturated rings. The van der Waals surface area contributed by atoms with Crippen LogP contribution in [0.5, 0.6) is 0 Å². The van der Waals surface area contributed by atoms with Crippen molar-refractivity contribution in [3.05, 3.63) is 35.2 Å². The molecule has 1 heterocycles. The number of benzene rings is 1. The number of nitrogens with one attached hydrogen (secondary N) is 1. The predicted molar refractivity (Wildman–Crippen MR) is 105 cm³/mol. The molecule has 1 aromatic heterocycles. The summed E-state index contributed by atoms with van der Waals surface area (Å²) < 4.78 is 5.11. The number of esters is 1. The van der Waals surface area contributed by atoms with Crippen LogP contribution in [-0.2, 0) is 14.3 Å². The molecule has 0 aliphatic heterocycles. The highest BCUT2D eigenvalue weighted by Gasteiger charge is 2.36. The van der Waals surface area contributed by atoms with E-state index in [0.29, 0.717) is 23.4 Å². The lowest BCUT2D eigenvalue weighted by molar-refractivity contribution is -0.147. The highest BCUT2D eigenvalue weighted by atomic mass is 32.1. The number of carbonyl (C=O) groups is 3. The van der Waals surface area contributed by atoms with E-state index in [9.17, 15) is 19.5 Å². The molecule has 0 unspecified atom stereocenters. The lowest BCUT2D eigenvalue weighted by Gasteiger charge is -2.26. The first kappa shape index (κ1) is 20.0. The Hall–Kier alpha value is -2.74. The number of aromatic nitrogens is 1. The van der Waals surface area contributed by atoms with Crippen molar-refractivity contribution in [2.45, 2.75) is 32.6 Å². The number of thiazole rings is 1. The highest BCUT2D eigenvalue weighted by Crippen LogP contribution is 2.34. The van der Waals surface area contributed by atoms with E-state index in [2.05, 4.69) is 10.3 Å². The van der Waals surface area contributed by atoms with Crippen LogP contribution in [0.15, 0.2) is 30.3 Å². The van der Waals surface area contributed by atoms with E-state index < -0.39 is 23.8 Å². The molecule has 0 radical (unpaired) electrons. The standard InChI is InChI=1S/C20H22N2O5S/c1-2-27-19(26)16-15(12-8-4-3-5-9-12)21-20(28-16)22-17(23)13-10-6-7-11-14(13)18(24)25/h3-5,8-9,13-14H,2,6-7,10-11H2,1H3,(H,24,25)(H,21,22,23)/t13-,14+/m1/s1. The van der Waals surface area contributed by atoms with E-state index in [1.807, 2.05) is 30.3 Å². The van der Waals surface area contributed by atoms with Gasteiger partial charge in [-0.3, -0.25) is 9.59 Å². The first-order valence-corrected chi connectivity index (χ1v) is 10.1. The van der Waals surface area contributed by atoms with Crippen molar-refractivity contribution in [3.8, 4) is 11.3 Å². The summed E-state index contributed by atoms with van der Waals surface area (Å²) in [5.74, 6) is -3.10. The maximum absolute atomic E-state index is 12.7. The second-order valence-electron chi connectivity index (χ2n) is 6.61. The molecule has 2 aromatic rings. The molecule has 28 heavy (non-hydrogen) atoms. The molecule has 1 amide bonds. The van der Waals surface area contributed by atoms with Crippen LogP contribution in [0.2, 0.25) is 0 Å². The Morgan fingerprint density at radius 3 is 2.50 bits per heavy atom. The monoisotopic (exact) mass is 402 g/mol. The van der Waals surface area contributed by atoms with Gasteiger partial charge in [0, 0.05) is 5.56 Å². The van der Waals surface area contributed by atoms with E-state index in [0.717, 1.165) is 29.7 Å². The molecule has 2 N–H and O–H groups in total. The van der Waals surface area contributed by atoms with Gasteiger partial charge in [0.15, 0.2) is 5.13 Å². The third-order valence-electron chi connectivity index (χ3n) is 4.79. The number of carbonyl (C=O) groups excluding carboxylic acids is 2. The van der Waals surface area contributed by atoms with Crippen LogP contribution in [0.3, 0.4) is 0 Å². The van der Waals surface area contributed by atoms with Crippen molar-refractivity contribution in [3.63, 3.8) is 0 Å². The molecule has 3 rings (SSSR count). The molecule has 0 bridgehead atoms. The van der Waals surface area contributed by atoms with E-state index in [1.54, 1.807) is 6.92 Å². The SMILES string of the molecule is CCOC(=O)c1sc(NC(=O)[C@@H]2CCCC[C@@H]2C(=O)O)nc1-c1ccccc1. The topological polar surface area (TPSA) is 106 Å². The predicted octanol–water partition coefficient (Wildman–Crippen LogP) is 3.82. The third kappa shape index (κ3) is 4.39. The van der Waals surface area contributed by atoms with Crippen LogP contribution in [0, 0.1) is 11.8 Å². The number of aliphatic carboxylic acids is 1. The van der Waals surface area contributed by atoms with E-state index in [1.165, 1.54) is 0 Å². The molecular formula is C20H22N2O5S. The zero-order chi connectivity index (χ0) is 20.1. The lowest BCUT2D eigenvalue weighted by Crippen LogP contribution is -2.36. The second-order valence-corrected chi connectivity index (χ2v) is 7.61. The minimum absolute atomic E-state index is 0.231. The smallest absolute Gasteiger partial charge is 0.350 e. The molecule has 0 saturated heterocycles. The molecule has 1 aliphatic carbocycles. The zero-order valence-corrected chi connectivity index (χ0v) is 16.3. The van der Waals surface area contributed by atoms with Gasteiger partial charge in [-0.2, -0.15) is 0 Å². The van der Waals surface area contributed by atoms with Gasteiger partial charge in [-0.15, -0.1) is 0 Å². The molecule has 148 valence electrons. The van der Waals surface area contributed by atoms with Crippen LogP contribution >= 0.6 is 11.3 Å². The highest BCUT2D eigenvalue weighted by molar-refractivity contribution is 7.18. The number of carboxylic acids is 1. The average molecular weight is 402 g/mol. The second kappa shape index (κ2) is 8.97. The van der Waals surface area contributed by atoms with Crippen molar-refractivity contribution in [2.24, 2.45) is 11.8 Å². The quantitative estimate of drug-likeness (QED) is 0.712. The summed E-state index contributed by atoms with van der Waals surface area (Å²) in [6.45, 7) is 1.95. The van der Waals surface area contributed by atoms with E-state index >= 15 is 0 Å². The summed E-state index contributed by atoms with van der Waals surface area (Å²) >= 11 is 1.04. The largest absolute Gasteiger partial charge is 0.481 e. The van der Waals surface area contributed by atoms with Crippen molar-refractivity contribution >= 4 is 34.3 Å². The normalized spacial score (nSPS) is 19.0. The summed E-state index contributed by atoms with van der Waals surface area (Å²) in [5.41, 5.74) is 1.18. The molecule has 1 saturated carbocycles. The van der Waals surface area contributed by atoms with Crippen LogP contribution in [0.25, 0.3) is 11.3 Å². The summed E-state index contributed by atoms with van der Waals surface area (Å²) in [6.07, 6.45) is 2.66. The van der Waals surface area contributed by atoms with Gasteiger partial charge in [0.1, 0.15) is 4.88 Å². The molecule has 8 heteroatoms. The summed E-state index contributed by atoms with van der Waals surface area (Å²) in [6, 6.07) is 9.18. The molecule has 2 atom stereocenters. The van der Waals surface area contributed by atoms with Gasteiger partial charge in [0.2, 0.25) is 5.91 Å². The van der Waals surface area contributed by atoms with Crippen molar-refractivity contribution in [1.82, 2.24) is 4.98 Å². The number of rotatable bonds is 6. The fourth-order valence-corrected chi connectivity index (χ4v) is 4.32. The van der Waals surface area contributed by atoms with Crippen LogP contribution in [-0.4, -0.2) is 34.5 Å². The lowest BCUT2D eigenvalue weighted by atomic mass is 9.79. The number of hydrogen-bond acceptors (Lipinski definition) is 6. The Balaban J connectivity index is 1.87. The van der Waals surface area contributed by atoms with Crippen molar-refractivity contribution in [1.29, 1.82) is 0 Å². The molecule has 0 spiro atoms. The minimum atomic E-state index is -0.948. The maximum Gasteiger partial charge on any atom is 0.350 e. The minimum Gasteiger partial charge on any atom is -0.481 e. The Morgan fingerprint density at radius 2 is 1.86 bits per heavy atom. The van der Waals surface area contributed by atoms with Gasteiger partial charge < -0.3 is 15.2 Å². The zero-order valence-electron chi connectivity index (χ0n) is 15.5. The Kier molecular flexibility index (Phi) is 6.41. The Bertz CT molecular complexity index is 865. The number of carboxylic acid groups (broad SMARTS) is 1. The van der Waals surface area contributed by atoms with Crippen LogP contribution < -0.4 is 5.32 Å². The molecule has 7 nitrogen and oxygen atoms in total.